The number of fused-ring (bicyclic) bond motifs is 1. The fourth-order valence-electron chi connectivity index (χ4n) is 5.23. The highest BCUT2D eigenvalue weighted by atomic mass is 32.2. The quantitative estimate of drug-likeness (QED) is 0.552. The largest absolute Gasteiger partial charge is 0.493 e. The summed E-state index contributed by atoms with van der Waals surface area (Å²) in [6, 6.07) is 13.9. The average molecular weight is 485 g/mol. The number of sulfonamides is 1. The van der Waals surface area contributed by atoms with Gasteiger partial charge in [-0.2, -0.15) is 0 Å². The summed E-state index contributed by atoms with van der Waals surface area (Å²) in [4.78, 5) is 14.7. The number of hydrogen-bond acceptors (Lipinski definition) is 5. The average Bonchev–Trinajstić information content (AvgIpc) is 3.06. The van der Waals surface area contributed by atoms with Crippen molar-refractivity contribution in [3.05, 3.63) is 59.2 Å². The van der Waals surface area contributed by atoms with Crippen LogP contribution in [0.5, 0.6) is 5.75 Å². The summed E-state index contributed by atoms with van der Waals surface area (Å²) in [5.74, 6) is 1.65. The molecule has 0 N–H and O–H groups in total. The van der Waals surface area contributed by atoms with Crippen LogP contribution in [0, 0.1) is 5.92 Å². The first-order valence-electron chi connectivity index (χ1n) is 12.3. The van der Waals surface area contributed by atoms with Crippen LogP contribution in [0.2, 0.25) is 0 Å². The zero-order valence-electron chi connectivity index (χ0n) is 20.5. The number of carbonyl (C=O) groups is 1. The highest BCUT2D eigenvalue weighted by Crippen LogP contribution is 2.35. The van der Waals surface area contributed by atoms with Crippen LogP contribution in [0.4, 0.5) is 5.69 Å². The Morgan fingerprint density at radius 2 is 1.79 bits per heavy atom. The summed E-state index contributed by atoms with van der Waals surface area (Å²) >= 11 is 0. The van der Waals surface area contributed by atoms with Gasteiger partial charge in [-0.25, -0.2) is 8.42 Å². The van der Waals surface area contributed by atoms with E-state index in [-0.39, 0.29) is 5.78 Å². The number of aryl methyl sites for hydroxylation is 1. The second kappa shape index (κ2) is 10.5. The third-order valence-corrected chi connectivity index (χ3v) is 8.54. The first-order chi connectivity index (χ1) is 16.3. The Kier molecular flexibility index (Phi) is 7.63. The van der Waals surface area contributed by atoms with Gasteiger partial charge in [0.2, 0.25) is 10.0 Å². The lowest BCUT2D eigenvalue weighted by atomic mass is 9.83. The molecule has 0 bridgehead atoms. The Labute approximate surface area is 204 Å². The number of rotatable bonds is 8. The number of carbonyl (C=O) groups excluding carboxylic acids is 1. The normalized spacial score (nSPS) is 21.2. The van der Waals surface area contributed by atoms with Gasteiger partial charge in [0.05, 0.1) is 18.6 Å². The highest BCUT2D eigenvalue weighted by molar-refractivity contribution is 7.92. The van der Waals surface area contributed by atoms with E-state index in [1.165, 1.54) is 16.1 Å². The van der Waals surface area contributed by atoms with E-state index in [9.17, 15) is 13.2 Å². The maximum Gasteiger partial charge on any atom is 0.231 e. The van der Waals surface area contributed by atoms with Crippen molar-refractivity contribution in [2.75, 3.05) is 43.8 Å². The van der Waals surface area contributed by atoms with E-state index in [4.69, 9.17) is 4.74 Å². The first kappa shape index (κ1) is 24.7. The number of ether oxygens (including phenoxy) is 1. The molecule has 0 spiro atoms. The maximum absolute atomic E-state index is 12.1. The van der Waals surface area contributed by atoms with Gasteiger partial charge in [0.1, 0.15) is 5.75 Å². The van der Waals surface area contributed by atoms with Crippen molar-refractivity contribution < 1.29 is 17.9 Å². The molecule has 2 aromatic rings. The van der Waals surface area contributed by atoms with Gasteiger partial charge in [0.15, 0.2) is 5.78 Å². The van der Waals surface area contributed by atoms with Crippen LogP contribution in [0.25, 0.3) is 0 Å². The molecular weight excluding hydrogens is 448 g/mol. The lowest BCUT2D eigenvalue weighted by Crippen LogP contribution is -2.25. The third kappa shape index (κ3) is 5.63. The van der Waals surface area contributed by atoms with Gasteiger partial charge in [-0.15, -0.1) is 0 Å². The van der Waals surface area contributed by atoms with E-state index in [2.05, 4.69) is 24.0 Å². The van der Waals surface area contributed by atoms with Crippen molar-refractivity contribution in [3.63, 3.8) is 0 Å². The fourth-order valence-corrected chi connectivity index (χ4v) is 5.73. The van der Waals surface area contributed by atoms with E-state index in [0.717, 1.165) is 62.2 Å². The summed E-state index contributed by atoms with van der Waals surface area (Å²) in [6.45, 7) is 6.02. The zero-order valence-corrected chi connectivity index (χ0v) is 21.3. The molecule has 1 saturated heterocycles. The van der Waals surface area contributed by atoms with Crippen LogP contribution in [-0.2, 0) is 16.4 Å². The molecule has 34 heavy (non-hydrogen) atoms. The van der Waals surface area contributed by atoms with Crippen LogP contribution in [0.15, 0.2) is 42.5 Å². The number of ketones is 1. The fraction of sp³-hybridized carbons (Fsp3) is 0.519. The summed E-state index contributed by atoms with van der Waals surface area (Å²) in [6.07, 6.45) is 5.87. The van der Waals surface area contributed by atoms with Crippen LogP contribution >= 0.6 is 0 Å². The van der Waals surface area contributed by atoms with Crippen molar-refractivity contribution in [2.45, 2.75) is 44.9 Å². The second-order valence-corrected chi connectivity index (χ2v) is 11.7. The molecule has 7 heteroatoms. The number of anilines is 1. The van der Waals surface area contributed by atoms with E-state index >= 15 is 0 Å². The summed E-state index contributed by atoms with van der Waals surface area (Å²) < 4.78 is 31.4. The van der Waals surface area contributed by atoms with Crippen LogP contribution < -0.4 is 9.04 Å². The molecule has 1 fully saturated rings. The van der Waals surface area contributed by atoms with Gasteiger partial charge < -0.3 is 9.64 Å². The molecule has 2 aliphatic rings. The van der Waals surface area contributed by atoms with Crippen LogP contribution in [-0.4, -0.2) is 58.6 Å². The lowest BCUT2D eigenvalue weighted by molar-refractivity contribution is 0.0994. The van der Waals surface area contributed by atoms with E-state index in [1.807, 2.05) is 30.3 Å². The highest BCUT2D eigenvalue weighted by Gasteiger charge is 2.29. The molecule has 1 aliphatic heterocycles. The number of likely N-dealkylation sites (tertiary alicyclic amines) is 1. The molecule has 1 aliphatic carbocycles. The third-order valence-electron chi connectivity index (χ3n) is 7.33. The molecule has 184 valence electrons. The van der Waals surface area contributed by atoms with Gasteiger partial charge in [0.25, 0.3) is 0 Å². The standard InChI is InChI=1S/C27H36N2O4S/c1-4-15-29-16-13-22(19-33-24-11-7-21-8-12-27(30)26(21)18-24)25(14-17-29)20-5-9-23(10-6-20)28(2)34(3,31)32/h5-7,9-11,18,22,25H,4,8,12-17,19H2,1-3H3/t22-,25-/m0/s1. The van der Waals surface area contributed by atoms with Crippen molar-refractivity contribution in [2.24, 2.45) is 5.92 Å². The monoisotopic (exact) mass is 484 g/mol. The molecule has 0 amide bonds. The Morgan fingerprint density at radius 3 is 2.50 bits per heavy atom. The minimum Gasteiger partial charge on any atom is -0.493 e. The van der Waals surface area contributed by atoms with Crippen molar-refractivity contribution in [1.29, 1.82) is 0 Å². The Hall–Kier alpha value is -2.38. The van der Waals surface area contributed by atoms with E-state index < -0.39 is 10.0 Å². The predicted molar refractivity (Wildman–Crippen MR) is 136 cm³/mol. The molecule has 6 nitrogen and oxygen atoms in total. The summed E-state index contributed by atoms with van der Waals surface area (Å²) in [5.41, 5.74) is 3.83. The van der Waals surface area contributed by atoms with E-state index in [0.29, 0.717) is 30.6 Å². The Morgan fingerprint density at radius 1 is 1.06 bits per heavy atom. The molecule has 0 aromatic heterocycles. The molecule has 4 rings (SSSR count). The number of benzene rings is 2. The SMILES string of the molecule is CCCN1CC[C@@H](COc2ccc3c(c2)C(=O)CC3)[C@H](c2ccc(N(C)S(C)(=O)=O)cc2)CC1. The molecule has 2 atom stereocenters. The molecule has 0 unspecified atom stereocenters. The Balaban J connectivity index is 1.52. The van der Waals surface area contributed by atoms with Crippen LogP contribution in [0.3, 0.4) is 0 Å². The molecule has 2 aromatic carbocycles. The van der Waals surface area contributed by atoms with Gasteiger partial charge in [-0.3, -0.25) is 9.10 Å². The second-order valence-electron chi connectivity index (χ2n) is 9.66. The molecule has 1 heterocycles. The van der Waals surface area contributed by atoms with Crippen molar-refractivity contribution in [3.8, 4) is 5.75 Å². The summed E-state index contributed by atoms with van der Waals surface area (Å²) in [7, 11) is -1.71. The zero-order chi connectivity index (χ0) is 24.3. The van der Waals surface area contributed by atoms with Gasteiger partial charge in [0, 0.05) is 24.9 Å². The van der Waals surface area contributed by atoms with Gasteiger partial charge in [-0.05, 0) is 86.6 Å². The number of Topliss-reactive ketones (excluding diaryl/α,β-unsaturated/α-hetero) is 1. The topological polar surface area (TPSA) is 66.9 Å². The molecule has 0 saturated carbocycles. The Bertz CT molecular complexity index is 1110. The first-order valence-corrected chi connectivity index (χ1v) is 14.2. The molecule has 0 radical (unpaired) electrons. The molecular formula is C27H36N2O4S. The smallest absolute Gasteiger partial charge is 0.231 e. The minimum atomic E-state index is -3.29. The lowest BCUT2D eigenvalue weighted by Gasteiger charge is -2.26. The van der Waals surface area contributed by atoms with Crippen molar-refractivity contribution >= 4 is 21.5 Å². The van der Waals surface area contributed by atoms with Crippen LogP contribution in [0.1, 0.15) is 60.0 Å². The number of nitrogens with zero attached hydrogens (tertiary/aromatic N) is 2. The van der Waals surface area contributed by atoms with Gasteiger partial charge >= 0.3 is 0 Å². The number of hydrogen-bond donors (Lipinski definition) is 0. The van der Waals surface area contributed by atoms with Crippen molar-refractivity contribution in [1.82, 2.24) is 4.90 Å². The summed E-state index contributed by atoms with van der Waals surface area (Å²) in [5, 5.41) is 0. The van der Waals surface area contributed by atoms with Gasteiger partial charge in [-0.1, -0.05) is 25.1 Å². The predicted octanol–water partition coefficient (Wildman–Crippen LogP) is 4.50. The van der Waals surface area contributed by atoms with E-state index in [1.54, 1.807) is 7.05 Å². The minimum absolute atomic E-state index is 0.210. The maximum atomic E-state index is 12.1.